The summed E-state index contributed by atoms with van der Waals surface area (Å²) in [7, 11) is 0. The van der Waals surface area contributed by atoms with E-state index in [4.69, 9.17) is 19.4 Å². The highest BCUT2D eigenvalue weighted by Crippen LogP contribution is 2.51. The second kappa shape index (κ2) is 19.5. The highest BCUT2D eigenvalue weighted by atomic mass is 16.5. The number of hydrogen-bond acceptors (Lipinski definition) is 8. The Morgan fingerprint density at radius 2 is 1.29 bits per heavy atom. The van der Waals surface area contributed by atoms with Gasteiger partial charge in [0.1, 0.15) is 48.4 Å². The summed E-state index contributed by atoms with van der Waals surface area (Å²) in [6.45, 7) is 7.91. The molecule has 14 nitrogen and oxygen atoms in total. The molecular formula is C52H56N8O6. The van der Waals surface area contributed by atoms with Gasteiger partial charge >= 0.3 is 0 Å². The van der Waals surface area contributed by atoms with Gasteiger partial charge in [-0.15, -0.1) is 0 Å². The highest BCUT2D eigenvalue weighted by Gasteiger charge is 2.37. The van der Waals surface area contributed by atoms with Crippen molar-refractivity contribution < 1.29 is 28.7 Å². The van der Waals surface area contributed by atoms with Crippen LogP contribution in [0.1, 0.15) is 118 Å². The van der Waals surface area contributed by atoms with Gasteiger partial charge in [0.2, 0.25) is 23.6 Å². The average Bonchev–Trinajstić information content (AvgIpc) is 4.14. The lowest BCUT2D eigenvalue weighted by Gasteiger charge is -2.30. The maximum absolute atomic E-state index is 14.2. The third kappa shape index (κ3) is 9.04. The summed E-state index contributed by atoms with van der Waals surface area (Å²) in [5.41, 5.74) is 8.88. The summed E-state index contributed by atoms with van der Waals surface area (Å²) in [6.07, 6.45) is 7.98. The lowest BCUT2D eigenvalue weighted by atomic mass is 9.87. The lowest BCUT2D eigenvalue weighted by molar-refractivity contribution is -0.137. The van der Waals surface area contributed by atoms with Crippen LogP contribution in [0.15, 0.2) is 97.3 Å². The molecule has 0 saturated carbocycles. The van der Waals surface area contributed by atoms with Crippen LogP contribution in [0.4, 0.5) is 0 Å². The molecule has 66 heavy (non-hydrogen) atoms. The lowest BCUT2D eigenvalue weighted by Crippen LogP contribution is -2.43. The van der Waals surface area contributed by atoms with Gasteiger partial charge in [0.25, 0.3) is 0 Å². The molecular weight excluding hydrogens is 833 g/mol. The Bertz CT molecular complexity index is 2680. The fourth-order valence-corrected chi connectivity index (χ4v) is 9.40. The molecule has 6 aromatic rings. The van der Waals surface area contributed by atoms with Crippen molar-refractivity contribution in [2.75, 3.05) is 13.1 Å². The van der Waals surface area contributed by atoms with E-state index < -0.39 is 12.1 Å². The van der Waals surface area contributed by atoms with Gasteiger partial charge in [0.15, 0.2) is 0 Å². The number of imidazole rings is 2. The predicted molar refractivity (Wildman–Crippen MR) is 250 cm³/mol. The number of amides is 4. The van der Waals surface area contributed by atoms with Crippen molar-refractivity contribution in [1.29, 1.82) is 0 Å². The van der Waals surface area contributed by atoms with Gasteiger partial charge in [-0.2, -0.15) is 0 Å². The van der Waals surface area contributed by atoms with Crippen molar-refractivity contribution in [3.05, 3.63) is 131 Å². The molecule has 14 heteroatoms. The Kier molecular flexibility index (Phi) is 13.0. The van der Waals surface area contributed by atoms with Crippen molar-refractivity contribution in [2.24, 2.45) is 0 Å². The number of benzene rings is 4. The van der Waals surface area contributed by atoms with E-state index in [0.717, 1.165) is 86.7 Å². The van der Waals surface area contributed by atoms with Gasteiger partial charge in [-0.3, -0.25) is 19.2 Å². The number of aromatic amines is 2. The number of carbonyl (C=O) groups is 4. The third-order valence-corrected chi connectivity index (χ3v) is 12.6. The zero-order valence-corrected chi connectivity index (χ0v) is 37.7. The van der Waals surface area contributed by atoms with Crippen molar-refractivity contribution in [1.82, 2.24) is 40.4 Å². The van der Waals surface area contributed by atoms with Gasteiger partial charge in [-0.05, 0) is 67.5 Å². The number of nitrogens with one attached hydrogen (secondary N) is 4. The standard InChI is InChI=1S/C52H56N8O6/c1-4-14-44(61)57-48(32-16-9-7-10-17-32)51(63)59(21-6-3)29-43-53-27-38(55-43)34-23-36-30-66-42-26-35(24-37-31-65-41(25-34)46(36)47(37)42)39-28-54-50(56-39)40-20-13-22-60(40)52(64)49(58-45(62)15-5-2)33-18-11-8-12-19-33/h7-12,16-19,23-28,40,48-49H,4-6,13-15,20-22,29-31H2,1-3H3,(H,53,55)(H,54,56)(H,57,61)(H,58,62)/t40-,48+,49+/m0/s1. The molecule has 4 aromatic carbocycles. The van der Waals surface area contributed by atoms with Crippen molar-refractivity contribution in [3.8, 4) is 45.1 Å². The number of rotatable bonds is 17. The Balaban J connectivity index is 0.926. The normalized spacial score (nSPS) is 15.5. The van der Waals surface area contributed by atoms with Crippen LogP contribution in [-0.4, -0.2) is 66.5 Å². The minimum atomic E-state index is -0.802. The SMILES string of the molecule is CCCC(=O)N[C@@H](C(=O)N(CCC)Cc1ncc(-c2cc3c4c(c2)OCc2cc(-c5cnc([C@@H]6CCCN6C(=O)[C@H](NC(=O)CCC)c6ccccc6)[nH]5)cc(c2-4)OC3)[nH]1)c1ccccc1. The Hall–Kier alpha value is -7.22. The first kappa shape index (κ1) is 44.0. The number of carbonyl (C=O) groups excluding carboxylic acids is 4. The maximum atomic E-state index is 14.2. The first-order chi connectivity index (χ1) is 32.2. The van der Waals surface area contributed by atoms with Gasteiger partial charge in [-0.25, -0.2) is 9.97 Å². The van der Waals surface area contributed by atoms with E-state index in [1.807, 2.05) is 105 Å². The number of ether oxygens (including phenoxy) is 2. The number of nitrogens with zero attached hydrogens (tertiary/aromatic N) is 4. The molecule has 4 N–H and O–H groups in total. The summed E-state index contributed by atoms with van der Waals surface area (Å²) in [4.78, 5) is 73.9. The molecule has 0 radical (unpaired) electrons. The molecule has 3 aliphatic heterocycles. The molecule has 340 valence electrons. The maximum Gasteiger partial charge on any atom is 0.250 e. The topological polar surface area (TPSA) is 175 Å². The molecule has 1 fully saturated rings. The first-order valence-corrected chi connectivity index (χ1v) is 23.2. The van der Waals surface area contributed by atoms with E-state index in [9.17, 15) is 19.2 Å². The summed E-state index contributed by atoms with van der Waals surface area (Å²) >= 11 is 0. The molecule has 4 amide bonds. The molecule has 0 aliphatic carbocycles. The molecule has 9 rings (SSSR count). The first-order valence-electron chi connectivity index (χ1n) is 23.2. The van der Waals surface area contributed by atoms with Crippen LogP contribution in [0, 0.1) is 0 Å². The zero-order chi connectivity index (χ0) is 45.7. The Morgan fingerprint density at radius 1 is 0.727 bits per heavy atom. The van der Waals surface area contributed by atoms with Crippen molar-refractivity contribution in [3.63, 3.8) is 0 Å². The quantitative estimate of drug-likeness (QED) is 0.0704. The van der Waals surface area contributed by atoms with Crippen molar-refractivity contribution in [2.45, 2.75) is 104 Å². The summed E-state index contributed by atoms with van der Waals surface area (Å²) in [5, 5.41) is 5.97. The van der Waals surface area contributed by atoms with Crippen LogP contribution in [0.3, 0.4) is 0 Å². The third-order valence-electron chi connectivity index (χ3n) is 12.6. The van der Waals surface area contributed by atoms with E-state index in [2.05, 4.69) is 32.7 Å². The van der Waals surface area contributed by atoms with E-state index in [1.165, 1.54) is 0 Å². The number of hydrogen-bond donors (Lipinski definition) is 4. The minimum Gasteiger partial charge on any atom is -0.488 e. The van der Waals surface area contributed by atoms with E-state index in [0.29, 0.717) is 63.6 Å². The second-order valence-electron chi connectivity index (χ2n) is 17.3. The molecule has 3 aliphatic rings. The second-order valence-corrected chi connectivity index (χ2v) is 17.3. The largest absolute Gasteiger partial charge is 0.488 e. The van der Waals surface area contributed by atoms with Crippen LogP contribution >= 0.6 is 0 Å². The summed E-state index contributed by atoms with van der Waals surface area (Å²) < 4.78 is 13.0. The van der Waals surface area contributed by atoms with E-state index >= 15 is 0 Å². The molecule has 5 heterocycles. The zero-order valence-electron chi connectivity index (χ0n) is 37.7. The van der Waals surface area contributed by atoms with Gasteiger partial charge in [0.05, 0.1) is 36.4 Å². The molecule has 0 unspecified atom stereocenters. The molecule has 0 bridgehead atoms. The minimum absolute atomic E-state index is 0.145. The van der Waals surface area contributed by atoms with E-state index in [1.54, 1.807) is 11.1 Å². The van der Waals surface area contributed by atoms with Gasteiger partial charge < -0.3 is 39.9 Å². The average molecular weight is 889 g/mol. The fourth-order valence-electron chi connectivity index (χ4n) is 9.40. The Labute approximate surface area is 384 Å². The summed E-state index contributed by atoms with van der Waals surface area (Å²) in [6, 6.07) is 25.2. The van der Waals surface area contributed by atoms with Crippen LogP contribution in [0.5, 0.6) is 11.5 Å². The number of H-pyrrole nitrogens is 2. The van der Waals surface area contributed by atoms with Crippen LogP contribution in [0.2, 0.25) is 0 Å². The monoisotopic (exact) mass is 888 g/mol. The van der Waals surface area contributed by atoms with Crippen LogP contribution in [0.25, 0.3) is 33.6 Å². The smallest absolute Gasteiger partial charge is 0.250 e. The number of likely N-dealkylation sites (tertiary alicyclic amines) is 1. The van der Waals surface area contributed by atoms with Gasteiger partial charge in [0, 0.05) is 59.3 Å². The van der Waals surface area contributed by atoms with E-state index in [-0.39, 0.29) is 36.2 Å². The van der Waals surface area contributed by atoms with Gasteiger partial charge in [-0.1, -0.05) is 81.4 Å². The van der Waals surface area contributed by atoms with Crippen molar-refractivity contribution >= 4 is 23.6 Å². The molecule has 3 atom stereocenters. The molecule has 1 saturated heterocycles. The highest BCUT2D eigenvalue weighted by molar-refractivity contribution is 5.91. The molecule has 2 aromatic heterocycles. The van der Waals surface area contributed by atoms with Crippen LogP contribution < -0.4 is 20.1 Å². The van der Waals surface area contributed by atoms with Crippen LogP contribution in [-0.2, 0) is 38.9 Å². The summed E-state index contributed by atoms with van der Waals surface area (Å²) in [5.74, 6) is 2.21. The fraction of sp³-hybridized carbons (Fsp3) is 0.346. The predicted octanol–water partition coefficient (Wildman–Crippen LogP) is 8.64. The Morgan fingerprint density at radius 3 is 1.88 bits per heavy atom. The number of aromatic nitrogens is 4. The molecule has 0 spiro atoms.